The molecule has 0 spiro atoms. The van der Waals surface area contributed by atoms with Crippen molar-refractivity contribution in [2.75, 3.05) is 13.7 Å². The van der Waals surface area contributed by atoms with Crippen molar-refractivity contribution >= 4 is 5.91 Å². The second-order valence-corrected chi connectivity index (χ2v) is 2.77. The second kappa shape index (κ2) is 5.89. The molecular formula is C7H13F3N2O3. The number of nitrogens with one attached hydrogen (secondary N) is 1. The Labute approximate surface area is 84.7 Å². The van der Waals surface area contributed by atoms with E-state index in [-0.39, 0.29) is 6.61 Å². The van der Waals surface area contributed by atoms with E-state index in [1.807, 2.05) is 0 Å². The monoisotopic (exact) mass is 230 g/mol. The van der Waals surface area contributed by atoms with Crippen LogP contribution in [0.2, 0.25) is 0 Å². The molecule has 0 saturated carbocycles. The molecule has 0 fully saturated rings. The van der Waals surface area contributed by atoms with Crippen LogP contribution in [0.1, 0.15) is 6.92 Å². The van der Waals surface area contributed by atoms with Crippen LogP contribution in [0.4, 0.5) is 13.2 Å². The molecule has 0 aliphatic carbocycles. The predicted molar refractivity (Wildman–Crippen MR) is 44.6 cm³/mol. The fourth-order valence-electron chi connectivity index (χ4n) is 0.745. The number of hydrogen-bond donors (Lipinski definition) is 2. The van der Waals surface area contributed by atoms with Crippen LogP contribution in [-0.4, -0.2) is 38.0 Å². The maximum absolute atomic E-state index is 12.1. The zero-order chi connectivity index (χ0) is 12.1. The topological polar surface area (TPSA) is 73.6 Å². The minimum atomic E-state index is -4.53. The molecule has 3 N–H and O–H groups in total. The van der Waals surface area contributed by atoms with Gasteiger partial charge in [0.15, 0.2) is 12.2 Å². The molecule has 0 aliphatic rings. The summed E-state index contributed by atoms with van der Waals surface area (Å²) in [5, 5.41) is 0. The third-order valence-corrected chi connectivity index (χ3v) is 1.58. The molecule has 0 aliphatic heterocycles. The third kappa shape index (κ3) is 4.96. The highest BCUT2D eigenvalue weighted by molar-refractivity contribution is 5.80. The Morgan fingerprint density at radius 2 is 2.07 bits per heavy atom. The number of halogens is 3. The Morgan fingerprint density at radius 3 is 2.40 bits per heavy atom. The highest BCUT2D eigenvalue weighted by Gasteiger charge is 2.39. The summed E-state index contributed by atoms with van der Waals surface area (Å²) in [4.78, 5) is 11.0. The van der Waals surface area contributed by atoms with Gasteiger partial charge in [-0.15, -0.1) is 0 Å². The maximum atomic E-state index is 12.1. The van der Waals surface area contributed by atoms with Crippen molar-refractivity contribution in [1.29, 1.82) is 0 Å². The molecule has 1 amide bonds. The number of amides is 1. The van der Waals surface area contributed by atoms with Gasteiger partial charge in [-0.1, -0.05) is 0 Å². The number of hydrogen-bond acceptors (Lipinski definition) is 4. The second-order valence-electron chi connectivity index (χ2n) is 2.77. The summed E-state index contributed by atoms with van der Waals surface area (Å²) in [5.41, 5.74) is 1.70. The fraction of sp³-hybridized carbons (Fsp3) is 0.857. The lowest BCUT2D eigenvalue weighted by atomic mass is 10.3. The molecule has 90 valence electrons. The number of nitrogens with two attached hydrogens (primary N) is 1. The van der Waals surface area contributed by atoms with E-state index in [1.165, 1.54) is 7.11 Å². The van der Waals surface area contributed by atoms with Crippen molar-refractivity contribution < 1.29 is 27.4 Å². The van der Waals surface area contributed by atoms with Crippen LogP contribution >= 0.6 is 0 Å². The van der Waals surface area contributed by atoms with Gasteiger partial charge in [0, 0.05) is 7.11 Å². The van der Waals surface area contributed by atoms with Gasteiger partial charge in [-0.05, 0) is 6.92 Å². The van der Waals surface area contributed by atoms with Crippen molar-refractivity contribution in [3.05, 3.63) is 0 Å². The van der Waals surface area contributed by atoms with Gasteiger partial charge in [0.2, 0.25) is 0 Å². The third-order valence-electron chi connectivity index (χ3n) is 1.58. The first kappa shape index (κ1) is 14.1. The molecule has 8 heteroatoms. The van der Waals surface area contributed by atoms with Gasteiger partial charge in [0.25, 0.3) is 5.91 Å². The van der Waals surface area contributed by atoms with Crippen molar-refractivity contribution in [3.63, 3.8) is 0 Å². The minimum absolute atomic E-state index is 0.302. The highest BCUT2D eigenvalue weighted by Crippen LogP contribution is 2.23. The Kier molecular flexibility index (Phi) is 5.55. The SMILES string of the molecule is COCC(OC(C)C(F)(F)F)C(=O)NN. The van der Waals surface area contributed by atoms with Crippen LogP contribution in [0.5, 0.6) is 0 Å². The van der Waals surface area contributed by atoms with Gasteiger partial charge in [0.05, 0.1) is 6.61 Å². The largest absolute Gasteiger partial charge is 0.414 e. The summed E-state index contributed by atoms with van der Waals surface area (Å²) in [6, 6.07) is 0. The lowest BCUT2D eigenvalue weighted by Crippen LogP contribution is -2.46. The Morgan fingerprint density at radius 1 is 1.53 bits per heavy atom. The number of ether oxygens (including phenoxy) is 2. The molecular weight excluding hydrogens is 217 g/mol. The molecule has 0 radical (unpaired) electrons. The van der Waals surface area contributed by atoms with Gasteiger partial charge in [0.1, 0.15) is 0 Å². The number of hydrazine groups is 1. The van der Waals surface area contributed by atoms with Crippen LogP contribution in [0, 0.1) is 0 Å². The first-order valence-electron chi connectivity index (χ1n) is 4.04. The van der Waals surface area contributed by atoms with E-state index < -0.39 is 24.3 Å². The van der Waals surface area contributed by atoms with E-state index >= 15 is 0 Å². The van der Waals surface area contributed by atoms with Crippen LogP contribution in [0.3, 0.4) is 0 Å². The van der Waals surface area contributed by atoms with Gasteiger partial charge < -0.3 is 9.47 Å². The lowest BCUT2D eigenvalue weighted by molar-refractivity contribution is -0.229. The zero-order valence-corrected chi connectivity index (χ0v) is 8.30. The van der Waals surface area contributed by atoms with E-state index in [4.69, 9.17) is 5.84 Å². The van der Waals surface area contributed by atoms with Gasteiger partial charge >= 0.3 is 6.18 Å². The first-order chi connectivity index (χ1) is 6.82. The molecule has 0 heterocycles. The van der Waals surface area contributed by atoms with E-state index in [0.717, 1.165) is 6.92 Å². The summed E-state index contributed by atoms with van der Waals surface area (Å²) >= 11 is 0. The molecule has 0 aromatic carbocycles. The predicted octanol–water partition coefficient (Wildman–Crippen LogP) is -0.0413. The first-order valence-corrected chi connectivity index (χ1v) is 4.04. The minimum Gasteiger partial charge on any atom is -0.381 e. The van der Waals surface area contributed by atoms with Gasteiger partial charge in [-0.2, -0.15) is 13.2 Å². The Balaban J connectivity index is 4.34. The van der Waals surface area contributed by atoms with Crippen LogP contribution in [-0.2, 0) is 14.3 Å². The highest BCUT2D eigenvalue weighted by atomic mass is 19.4. The molecule has 5 nitrogen and oxygen atoms in total. The van der Waals surface area contributed by atoms with E-state index in [1.54, 1.807) is 5.43 Å². The molecule has 0 saturated heterocycles. The fourth-order valence-corrected chi connectivity index (χ4v) is 0.745. The standard InChI is InChI=1S/C7H13F3N2O3/c1-4(7(8,9)10)15-5(3-14-2)6(13)12-11/h4-5H,3,11H2,1-2H3,(H,12,13). The summed E-state index contributed by atoms with van der Waals surface area (Å²) < 4.78 is 45.3. The van der Waals surface area contributed by atoms with Crippen LogP contribution in [0.15, 0.2) is 0 Å². The van der Waals surface area contributed by atoms with E-state index in [9.17, 15) is 18.0 Å². The molecule has 15 heavy (non-hydrogen) atoms. The van der Waals surface area contributed by atoms with Crippen LogP contribution < -0.4 is 11.3 Å². The summed E-state index contributed by atoms with van der Waals surface area (Å²) in [7, 11) is 1.23. The number of carbonyl (C=O) groups excluding carboxylic acids is 1. The van der Waals surface area contributed by atoms with Gasteiger partial charge in [-0.25, -0.2) is 5.84 Å². The summed E-state index contributed by atoms with van der Waals surface area (Å²) in [6.45, 7) is 0.496. The average Bonchev–Trinajstić information content (AvgIpc) is 2.14. The smallest absolute Gasteiger partial charge is 0.381 e. The van der Waals surface area contributed by atoms with Crippen LogP contribution in [0.25, 0.3) is 0 Å². The zero-order valence-electron chi connectivity index (χ0n) is 8.30. The number of rotatable bonds is 5. The molecule has 0 aromatic heterocycles. The molecule has 0 rings (SSSR count). The average molecular weight is 230 g/mol. The summed E-state index contributed by atoms with van der Waals surface area (Å²) in [5.74, 6) is 3.90. The van der Waals surface area contributed by atoms with E-state index in [0.29, 0.717) is 0 Å². The van der Waals surface area contributed by atoms with Crippen molar-refractivity contribution in [2.24, 2.45) is 5.84 Å². The molecule has 0 bridgehead atoms. The molecule has 2 atom stereocenters. The number of alkyl halides is 3. The Bertz CT molecular complexity index is 210. The number of methoxy groups -OCH3 is 1. The quantitative estimate of drug-likeness (QED) is 0.395. The Hall–Kier alpha value is -0.860. The maximum Gasteiger partial charge on any atom is 0.414 e. The lowest BCUT2D eigenvalue weighted by Gasteiger charge is -2.22. The molecule has 2 unspecified atom stereocenters. The van der Waals surface area contributed by atoms with Gasteiger partial charge in [-0.3, -0.25) is 10.2 Å². The van der Waals surface area contributed by atoms with Crippen molar-refractivity contribution in [3.8, 4) is 0 Å². The number of carbonyl (C=O) groups is 1. The molecule has 0 aromatic rings. The van der Waals surface area contributed by atoms with Crippen molar-refractivity contribution in [2.45, 2.75) is 25.3 Å². The van der Waals surface area contributed by atoms with Crippen molar-refractivity contribution in [1.82, 2.24) is 5.43 Å². The summed E-state index contributed by atoms with van der Waals surface area (Å²) in [6.07, 6.45) is -7.97. The normalized spacial score (nSPS) is 15.9. The van der Waals surface area contributed by atoms with E-state index in [2.05, 4.69) is 9.47 Å².